The largest absolute Gasteiger partial charge is 0.397 e. The second kappa shape index (κ2) is 4.23. The number of nitrogens with zero attached hydrogens (tertiary/aromatic N) is 3. The fraction of sp³-hybridized carbons (Fsp3) is 0.111. The molecule has 0 aromatic carbocycles. The van der Waals surface area contributed by atoms with E-state index in [1.54, 1.807) is 11.4 Å². The monoisotopic (exact) mass is 235 g/mol. The van der Waals surface area contributed by atoms with Crippen molar-refractivity contribution in [3.8, 4) is 0 Å². The van der Waals surface area contributed by atoms with E-state index in [2.05, 4.69) is 19.9 Å². The van der Waals surface area contributed by atoms with E-state index < -0.39 is 0 Å². The zero-order valence-electron chi connectivity index (χ0n) is 8.47. The van der Waals surface area contributed by atoms with Gasteiger partial charge in [-0.3, -0.25) is 4.79 Å². The minimum atomic E-state index is -0.325. The number of aromatic nitrogens is 3. The summed E-state index contributed by atoms with van der Waals surface area (Å²) in [5.74, 6) is 0.154. The van der Waals surface area contributed by atoms with E-state index in [1.807, 2.05) is 6.92 Å². The summed E-state index contributed by atoms with van der Waals surface area (Å²) in [4.78, 5) is 15.7. The highest BCUT2D eigenvalue weighted by molar-refractivity contribution is 7.03. The van der Waals surface area contributed by atoms with Crippen LogP contribution < -0.4 is 11.1 Å². The second-order valence-electron chi connectivity index (χ2n) is 3.18. The van der Waals surface area contributed by atoms with Crippen molar-refractivity contribution in [3.63, 3.8) is 0 Å². The molecule has 2 aromatic rings. The van der Waals surface area contributed by atoms with Crippen LogP contribution in [0.3, 0.4) is 0 Å². The predicted molar refractivity (Wildman–Crippen MR) is 61.2 cm³/mol. The quantitative estimate of drug-likeness (QED) is 0.812. The van der Waals surface area contributed by atoms with Crippen LogP contribution in [0, 0.1) is 6.92 Å². The molecule has 0 radical (unpaired) electrons. The number of carbonyl (C=O) groups excluding carboxylic acids is 1. The van der Waals surface area contributed by atoms with Crippen LogP contribution in [0.15, 0.2) is 17.6 Å². The van der Waals surface area contributed by atoms with Gasteiger partial charge in [0.1, 0.15) is 5.82 Å². The average molecular weight is 235 g/mol. The number of amides is 1. The fourth-order valence-corrected chi connectivity index (χ4v) is 1.60. The third-order valence-electron chi connectivity index (χ3n) is 1.92. The van der Waals surface area contributed by atoms with Gasteiger partial charge in [-0.25, -0.2) is 4.98 Å². The lowest BCUT2D eigenvalue weighted by molar-refractivity contribution is 0.102. The molecule has 0 fully saturated rings. The summed E-state index contributed by atoms with van der Waals surface area (Å²) in [7, 11) is 0. The van der Waals surface area contributed by atoms with Crippen LogP contribution in [-0.4, -0.2) is 20.5 Å². The molecule has 2 aromatic heterocycles. The third kappa shape index (κ3) is 2.14. The van der Waals surface area contributed by atoms with Crippen molar-refractivity contribution in [1.82, 2.24) is 14.6 Å². The first kappa shape index (κ1) is 10.5. The Balaban J connectivity index is 2.18. The second-order valence-corrected chi connectivity index (χ2v) is 3.79. The maximum atomic E-state index is 11.6. The molecule has 0 saturated heterocycles. The summed E-state index contributed by atoms with van der Waals surface area (Å²) < 4.78 is 3.61. The van der Waals surface area contributed by atoms with Crippen molar-refractivity contribution in [2.45, 2.75) is 6.92 Å². The van der Waals surface area contributed by atoms with E-state index in [-0.39, 0.29) is 11.6 Å². The van der Waals surface area contributed by atoms with E-state index in [1.165, 1.54) is 6.20 Å². The van der Waals surface area contributed by atoms with E-state index in [9.17, 15) is 4.79 Å². The number of aryl methyl sites for hydroxylation is 1. The molecule has 0 unspecified atom stereocenters. The topological polar surface area (TPSA) is 93.8 Å². The zero-order chi connectivity index (χ0) is 11.5. The summed E-state index contributed by atoms with van der Waals surface area (Å²) in [5.41, 5.74) is 7.20. The van der Waals surface area contributed by atoms with Gasteiger partial charge >= 0.3 is 0 Å². The Morgan fingerprint density at radius 3 is 3.00 bits per heavy atom. The van der Waals surface area contributed by atoms with Gasteiger partial charge in [0.25, 0.3) is 5.91 Å². The van der Waals surface area contributed by atoms with Crippen molar-refractivity contribution >= 4 is 28.9 Å². The maximum Gasteiger partial charge on any atom is 0.278 e. The van der Waals surface area contributed by atoms with Crippen molar-refractivity contribution in [1.29, 1.82) is 0 Å². The molecule has 0 aliphatic carbocycles. The minimum Gasteiger partial charge on any atom is -0.397 e. The Hall–Kier alpha value is -2.02. The average Bonchev–Trinajstić information content (AvgIpc) is 2.75. The van der Waals surface area contributed by atoms with Crippen molar-refractivity contribution in [3.05, 3.63) is 28.9 Å². The summed E-state index contributed by atoms with van der Waals surface area (Å²) in [6.07, 6.45) is 1.49. The van der Waals surface area contributed by atoms with Crippen molar-refractivity contribution < 1.29 is 4.79 Å². The molecule has 0 aliphatic heterocycles. The number of pyridine rings is 1. The molecular weight excluding hydrogens is 226 g/mol. The van der Waals surface area contributed by atoms with E-state index >= 15 is 0 Å². The van der Waals surface area contributed by atoms with Gasteiger partial charge in [0.05, 0.1) is 11.9 Å². The summed E-state index contributed by atoms with van der Waals surface area (Å²) in [5, 5.41) is 7.87. The van der Waals surface area contributed by atoms with Gasteiger partial charge in [-0.1, -0.05) is 4.49 Å². The number of carbonyl (C=O) groups is 1. The molecule has 82 valence electrons. The van der Waals surface area contributed by atoms with E-state index in [0.717, 1.165) is 17.1 Å². The normalized spacial score (nSPS) is 10.1. The Morgan fingerprint density at radius 1 is 1.56 bits per heavy atom. The van der Waals surface area contributed by atoms with Crippen LogP contribution in [0.4, 0.5) is 11.5 Å². The Bertz CT molecular complexity index is 511. The molecule has 1 amide bonds. The number of anilines is 2. The molecular formula is C9H9N5OS. The fourth-order valence-electron chi connectivity index (χ4n) is 1.16. The summed E-state index contributed by atoms with van der Waals surface area (Å²) in [6.45, 7) is 1.82. The minimum absolute atomic E-state index is 0.281. The molecule has 0 atom stereocenters. The van der Waals surface area contributed by atoms with Gasteiger partial charge in [0, 0.05) is 5.38 Å². The number of hydrogen-bond donors (Lipinski definition) is 2. The van der Waals surface area contributed by atoms with Gasteiger partial charge in [-0.2, -0.15) is 0 Å². The van der Waals surface area contributed by atoms with Crippen molar-refractivity contribution in [2.75, 3.05) is 11.1 Å². The molecule has 0 spiro atoms. The Kier molecular flexibility index (Phi) is 2.78. The Morgan fingerprint density at radius 2 is 2.38 bits per heavy atom. The van der Waals surface area contributed by atoms with Crippen molar-refractivity contribution in [2.24, 2.45) is 0 Å². The first-order chi connectivity index (χ1) is 7.66. The first-order valence-electron chi connectivity index (χ1n) is 4.47. The van der Waals surface area contributed by atoms with Gasteiger partial charge < -0.3 is 11.1 Å². The van der Waals surface area contributed by atoms with Gasteiger partial charge in [0.15, 0.2) is 5.69 Å². The molecule has 16 heavy (non-hydrogen) atoms. The lowest BCUT2D eigenvalue weighted by Crippen LogP contribution is -2.14. The van der Waals surface area contributed by atoms with Gasteiger partial charge in [-0.05, 0) is 30.1 Å². The highest BCUT2D eigenvalue weighted by atomic mass is 32.1. The van der Waals surface area contributed by atoms with Gasteiger partial charge in [-0.15, -0.1) is 5.10 Å². The summed E-state index contributed by atoms with van der Waals surface area (Å²) in [6, 6.07) is 1.74. The number of nitrogen functional groups attached to an aromatic ring is 1. The van der Waals surface area contributed by atoms with Crippen LogP contribution in [0.1, 0.15) is 16.1 Å². The molecule has 0 bridgehead atoms. The molecule has 3 N–H and O–H groups in total. The van der Waals surface area contributed by atoms with Crippen LogP contribution in [0.5, 0.6) is 0 Å². The molecule has 2 rings (SSSR count). The zero-order valence-corrected chi connectivity index (χ0v) is 9.28. The number of nitrogens with one attached hydrogen (secondary N) is 1. The van der Waals surface area contributed by atoms with E-state index in [4.69, 9.17) is 5.73 Å². The molecule has 0 saturated carbocycles. The SMILES string of the molecule is Cc1cc(N)cnc1NC(=O)c1csnn1. The highest BCUT2D eigenvalue weighted by Crippen LogP contribution is 2.14. The molecule has 7 heteroatoms. The standard InChI is InChI=1S/C9H9N5OS/c1-5-2-6(10)3-11-8(5)12-9(15)7-4-16-14-13-7/h2-4H,10H2,1H3,(H,11,12,15). The highest BCUT2D eigenvalue weighted by Gasteiger charge is 2.11. The van der Waals surface area contributed by atoms with Crippen LogP contribution in [-0.2, 0) is 0 Å². The third-order valence-corrected chi connectivity index (χ3v) is 2.43. The van der Waals surface area contributed by atoms with E-state index in [0.29, 0.717) is 11.5 Å². The maximum absolute atomic E-state index is 11.6. The number of rotatable bonds is 2. The number of hydrogen-bond acceptors (Lipinski definition) is 6. The van der Waals surface area contributed by atoms with Crippen LogP contribution >= 0.6 is 11.5 Å². The van der Waals surface area contributed by atoms with Gasteiger partial charge in [0.2, 0.25) is 0 Å². The number of nitrogens with two attached hydrogens (primary N) is 1. The molecule has 2 heterocycles. The molecule has 0 aliphatic rings. The first-order valence-corrected chi connectivity index (χ1v) is 5.31. The predicted octanol–water partition coefficient (Wildman–Crippen LogP) is 1.08. The van der Waals surface area contributed by atoms with Crippen LogP contribution in [0.2, 0.25) is 0 Å². The lowest BCUT2D eigenvalue weighted by Gasteiger charge is -2.05. The Labute approximate surface area is 95.7 Å². The smallest absolute Gasteiger partial charge is 0.278 e. The lowest BCUT2D eigenvalue weighted by atomic mass is 10.2. The molecule has 6 nitrogen and oxygen atoms in total. The summed E-state index contributed by atoms with van der Waals surface area (Å²) >= 11 is 1.12. The van der Waals surface area contributed by atoms with Crippen LogP contribution in [0.25, 0.3) is 0 Å².